The molecule has 26 heavy (non-hydrogen) atoms. The number of aromatic nitrogens is 1. The normalized spacial score (nSPS) is 21.2. The molecule has 1 saturated heterocycles. The van der Waals surface area contributed by atoms with Crippen LogP contribution in [0, 0.1) is 11.3 Å². The van der Waals surface area contributed by atoms with Gasteiger partial charge in [0.1, 0.15) is 28.9 Å². The third kappa shape index (κ3) is 2.39. The fourth-order valence-corrected chi connectivity index (χ4v) is 4.38. The summed E-state index contributed by atoms with van der Waals surface area (Å²) >= 11 is 0. The molecule has 0 unspecified atom stereocenters. The summed E-state index contributed by atoms with van der Waals surface area (Å²) in [5.41, 5.74) is 10.5. The minimum atomic E-state index is 0.260. The van der Waals surface area contributed by atoms with Crippen LogP contribution in [-0.4, -0.2) is 37.2 Å². The van der Waals surface area contributed by atoms with Crippen molar-refractivity contribution in [3.05, 3.63) is 35.0 Å². The molecule has 3 heterocycles. The summed E-state index contributed by atoms with van der Waals surface area (Å²) in [7, 11) is 5.40. The Hall–Kier alpha value is -2.78. The highest BCUT2D eigenvalue weighted by Crippen LogP contribution is 2.48. The van der Waals surface area contributed by atoms with Crippen molar-refractivity contribution in [1.29, 1.82) is 5.26 Å². The Kier molecular flexibility index (Phi) is 3.97. The molecule has 2 aliphatic rings. The molecule has 0 radical (unpaired) electrons. The lowest BCUT2D eigenvalue weighted by Gasteiger charge is -2.34. The lowest BCUT2D eigenvalue weighted by Crippen LogP contribution is -2.35. The summed E-state index contributed by atoms with van der Waals surface area (Å²) in [5.74, 6) is 1.66. The summed E-state index contributed by atoms with van der Waals surface area (Å²) in [4.78, 5) is 7.00. The summed E-state index contributed by atoms with van der Waals surface area (Å²) in [6.45, 7) is 0. The fraction of sp³-hybridized carbons (Fsp3) is 0.400. The van der Waals surface area contributed by atoms with Gasteiger partial charge < -0.3 is 15.2 Å². The number of methoxy groups -OCH3 is 2. The van der Waals surface area contributed by atoms with E-state index in [2.05, 4.69) is 23.0 Å². The number of hydrogen-bond donors (Lipinski definition) is 1. The van der Waals surface area contributed by atoms with Gasteiger partial charge in [0.05, 0.1) is 14.2 Å². The average molecular weight is 350 g/mol. The minimum Gasteiger partial charge on any atom is -0.497 e. The zero-order chi connectivity index (χ0) is 18.4. The van der Waals surface area contributed by atoms with Crippen molar-refractivity contribution in [3.8, 4) is 28.7 Å². The van der Waals surface area contributed by atoms with Crippen LogP contribution in [0.4, 0.5) is 5.82 Å². The Morgan fingerprint density at radius 3 is 2.50 bits per heavy atom. The first-order valence-corrected chi connectivity index (χ1v) is 8.75. The number of pyridine rings is 1. The molecule has 2 bridgehead atoms. The van der Waals surface area contributed by atoms with E-state index in [1.807, 2.05) is 18.2 Å². The molecule has 134 valence electrons. The lowest BCUT2D eigenvalue weighted by molar-refractivity contribution is 0.222. The molecule has 4 rings (SSSR count). The molecule has 0 spiro atoms. The number of anilines is 1. The molecule has 6 heteroatoms. The number of nitrogens with zero attached hydrogens (tertiary/aromatic N) is 3. The van der Waals surface area contributed by atoms with Crippen LogP contribution < -0.4 is 15.2 Å². The standard InChI is InChI=1S/C20H22N4O2/c1-24-12-4-5-17(24)19-16(8-12)23-20(22)15(10-21)18(19)11-6-13(25-2)9-14(7-11)26-3/h6-7,9,12,17H,4-5,8H2,1-3H3,(H2,22,23)/t12-,17+/m0/s1. The Bertz CT molecular complexity index is 897. The van der Waals surface area contributed by atoms with Gasteiger partial charge in [-0.3, -0.25) is 4.90 Å². The van der Waals surface area contributed by atoms with Gasteiger partial charge in [0.15, 0.2) is 0 Å². The molecule has 2 N–H and O–H groups in total. The maximum absolute atomic E-state index is 9.80. The van der Waals surface area contributed by atoms with Gasteiger partial charge in [-0.25, -0.2) is 4.98 Å². The molecule has 1 aromatic carbocycles. The molecular formula is C20H22N4O2. The third-order valence-electron chi connectivity index (χ3n) is 5.70. The van der Waals surface area contributed by atoms with Gasteiger partial charge in [-0.2, -0.15) is 5.26 Å². The van der Waals surface area contributed by atoms with E-state index in [0.717, 1.165) is 41.6 Å². The number of rotatable bonds is 3. The molecular weight excluding hydrogens is 328 g/mol. The first kappa shape index (κ1) is 16.7. The van der Waals surface area contributed by atoms with Crippen molar-refractivity contribution in [3.63, 3.8) is 0 Å². The molecule has 1 aromatic heterocycles. The predicted molar refractivity (Wildman–Crippen MR) is 99.1 cm³/mol. The van der Waals surface area contributed by atoms with E-state index < -0.39 is 0 Å². The number of nitrogens with two attached hydrogens (primary N) is 1. The van der Waals surface area contributed by atoms with Crippen LogP contribution >= 0.6 is 0 Å². The monoisotopic (exact) mass is 350 g/mol. The van der Waals surface area contributed by atoms with Crippen molar-refractivity contribution in [2.45, 2.75) is 31.3 Å². The van der Waals surface area contributed by atoms with Crippen molar-refractivity contribution < 1.29 is 9.47 Å². The SMILES string of the molecule is COc1cc(OC)cc(-c2c(C#N)c(N)nc3c2[C@H]2CC[C@@H](C3)N2C)c1. The highest BCUT2D eigenvalue weighted by atomic mass is 16.5. The van der Waals surface area contributed by atoms with Crippen molar-refractivity contribution in [2.24, 2.45) is 0 Å². The molecule has 0 amide bonds. The van der Waals surface area contributed by atoms with Crippen LogP contribution in [0.15, 0.2) is 18.2 Å². The second-order valence-electron chi connectivity index (χ2n) is 6.94. The molecule has 2 atom stereocenters. The second kappa shape index (κ2) is 6.19. The first-order chi connectivity index (χ1) is 12.6. The van der Waals surface area contributed by atoms with Crippen molar-refractivity contribution >= 4 is 5.82 Å². The van der Waals surface area contributed by atoms with Crippen molar-refractivity contribution in [1.82, 2.24) is 9.88 Å². The van der Waals surface area contributed by atoms with Crippen molar-refractivity contribution in [2.75, 3.05) is 27.0 Å². The second-order valence-corrected chi connectivity index (χ2v) is 6.94. The van der Waals surface area contributed by atoms with Crippen LogP contribution in [0.1, 0.15) is 35.7 Å². The molecule has 1 fully saturated rings. The minimum absolute atomic E-state index is 0.260. The summed E-state index contributed by atoms with van der Waals surface area (Å²) in [5, 5.41) is 9.80. The van der Waals surface area contributed by atoms with Crippen LogP contribution in [0.2, 0.25) is 0 Å². The van der Waals surface area contributed by atoms with E-state index >= 15 is 0 Å². The van der Waals surface area contributed by atoms with Gasteiger partial charge in [0.25, 0.3) is 0 Å². The highest BCUT2D eigenvalue weighted by Gasteiger charge is 2.41. The quantitative estimate of drug-likeness (QED) is 0.916. The number of fused-ring (bicyclic) bond motifs is 4. The molecule has 2 aliphatic heterocycles. The molecule has 2 aromatic rings. The van der Waals surface area contributed by atoms with E-state index in [4.69, 9.17) is 15.2 Å². The van der Waals surface area contributed by atoms with Gasteiger partial charge in [0, 0.05) is 41.4 Å². The topological polar surface area (TPSA) is 84.4 Å². The largest absolute Gasteiger partial charge is 0.497 e. The Labute approximate surface area is 153 Å². The average Bonchev–Trinajstić information content (AvgIpc) is 2.89. The Morgan fingerprint density at radius 1 is 1.19 bits per heavy atom. The van der Waals surface area contributed by atoms with Gasteiger partial charge in [-0.1, -0.05) is 0 Å². The van der Waals surface area contributed by atoms with Gasteiger partial charge in [-0.05, 0) is 37.6 Å². The molecule has 0 saturated carbocycles. The number of ether oxygens (including phenoxy) is 2. The maximum atomic E-state index is 9.80. The smallest absolute Gasteiger partial charge is 0.142 e. The van der Waals surface area contributed by atoms with Crippen LogP contribution in [0.25, 0.3) is 11.1 Å². The van der Waals surface area contributed by atoms with Crippen LogP contribution in [-0.2, 0) is 6.42 Å². The summed E-state index contributed by atoms with van der Waals surface area (Å²) < 4.78 is 10.9. The number of nitrogen functional groups attached to an aromatic ring is 1. The zero-order valence-corrected chi connectivity index (χ0v) is 15.2. The van der Waals surface area contributed by atoms with E-state index in [9.17, 15) is 5.26 Å². The van der Waals surface area contributed by atoms with Crippen LogP contribution in [0.5, 0.6) is 11.5 Å². The zero-order valence-electron chi connectivity index (χ0n) is 15.2. The number of benzene rings is 1. The summed E-state index contributed by atoms with van der Waals surface area (Å²) in [6.07, 6.45) is 3.07. The molecule has 6 nitrogen and oxygen atoms in total. The summed E-state index contributed by atoms with van der Waals surface area (Å²) in [6, 6.07) is 8.72. The fourth-order valence-electron chi connectivity index (χ4n) is 4.38. The van der Waals surface area contributed by atoms with Gasteiger partial charge in [0.2, 0.25) is 0 Å². The molecule has 0 aliphatic carbocycles. The number of likely N-dealkylation sites (N-methyl/N-ethyl adjacent to an activating group) is 1. The lowest BCUT2D eigenvalue weighted by atomic mass is 9.87. The highest BCUT2D eigenvalue weighted by molar-refractivity contribution is 5.81. The van der Waals surface area contributed by atoms with E-state index in [1.54, 1.807) is 14.2 Å². The van der Waals surface area contributed by atoms with E-state index in [1.165, 1.54) is 0 Å². The third-order valence-corrected chi connectivity index (χ3v) is 5.70. The van der Waals surface area contributed by atoms with Gasteiger partial charge in [-0.15, -0.1) is 0 Å². The first-order valence-electron chi connectivity index (χ1n) is 8.75. The Balaban J connectivity index is 2.03. The maximum Gasteiger partial charge on any atom is 0.142 e. The van der Waals surface area contributed by atoms with E-state index in [0.29, 0.717) is 28.9 Å². The number of hydrogen-bond acceptors (Lipinski definition) is 6. The van der Waals surface area contributed by atoms with Gasteiger partial charge >= 0.3 is 0 Å². The number of nitriles is 1. The van der Waals surface area contributed by atoms with Crippen LogP contribution in [0.3, 0.4) is 0 Å². The van der Waals surface area contributed by atoms with E-state index in [-0.39, 0.29) is 6.04 Å². The Morgan fingerprint density at radius 2 is 1.88 bits per heavy atom. The predicted octanol–water partition coefficient (Wildman–Crippen LogP) is 2.91.